The van der Waals surface area contributed by atoms with Gasteiger partial charge < -0.3 is 4.74 Å². The summed E-state index contributed by atoms with van der Waals surface area (Å²) in [6.07, 6.45) is 0. The summed E-state index contributed by atoms with van der Waals surface area (Å²) in [5.41, 5.74) is 0.472. The standard InChI is InChI=1S/C18H13F3N2O2/c1-2-25-18(24)15-10-17(11-7-8-12(19)14(21)9-11)23(22-15)16-6-4-3-5-13(16)20/h3-10H,2H2,1H3. The normalized spacial score (nSPS) is 10.7. The number of carbonyl (C=O) groups is 1. The summed E-state index contributed by atoms with van der Waals surface area (Å²) in [5.74, 6) is -3.34. The van der Waals surface area contributed by atoms with Crippen molar-refractivity contribution in [2.24, 2.45) is 0 Å². The number of nitrogens with zero attached hydrogens (tertiary/aromatic N) is 2. The topological polar surface area (TPSA) is 44.1 Å². The number of halogens is 3. The maximum atomic E-state index is 14.2. The van der Waals surface area contributed by atoms with Gasteiger partial charge in [-0.05, 0) is 43.3 Å². The van der Waals surface area contributed by atoms with Gasteiger partial charge in [-0.2, -0.15) is 5.10 Å². The quantitative estimate of drug-likeness (QED) is 0.667. The highest BCUT2D eigenvalue weighted by Gasteiger charge is 2.20. The fourth-order valence-electron chi connectivity index (χ4n) is 2.35. The number of carbonyl (C=O) groups excluding carboxylic acids is 1. The van der Waals surface area contributed by atoms with Crippen molar-refractivity contribution in [3.63, 3.8) is 0 Å². The maximum absolute atomic E-state index is 14.2. The first-order valence-corrected chi connectivity index (χ1v) is 7.48. The first-order valence-electron chi connectivity index (χ1n) is 7.48. The molecule has 0 spiro atoms. The third kappa shape index (κ3) is 3.26. The zero-order valence-corrected chi connectivity index (χ0v) is 13.2. The van der Waals surface area contributed by atoms with E-state index >= 15 is 0 Å². The molecule has 2 aromatic carbocycles. The second kappa shape index (κ2) is 6.80. The summed E-state index contributed by atoms with van der Waals surface area (Å²) in [5, 5.41) is 4.07. The molecule has 0 fully saturated rings. The molecule has 0 aliphatic carbocycles. The van der Waals surface area contributed by atoms with Crippen LogP contribution in [-0.2, 0) is 4.74 Å². The predicted octanol–water partition coefficient (Wildman–Crippen LogP) is 4.13. The van der Waals surface area contributed by atoms with Gasteiger partial charge in [0, 0.05) is 5.56 Å². The molecule has 0 unspecified atom stereocenters. The summed E-state index contributed by atoms with van der Waals surface area (Å²) in [4.78, 5) is 12.0. The molecule has 0 aliphatic rings. The van der Waals surface area contributed by atoms with Crippen molar-refractivity contribution in [1.29, 1.82) is 0 Å². The monoisotopic (exact) mass is 346 g/mol. The van der Waals surface area contributed by atoms with Crippen LogP contribution in [0.1, 0.15) is 17.4 Å². The van der Waals surface area contributed by atoms with Crippen LogP contribution in [0.15, 0.2) is 48.5 Å². The Bertz CT molecular complexity index is 938. The van der Waals surface area contributed by atoms with Crippen LogP contribution in [0.2, 0.25) is 0 Å². The number of esters is 1. The number of hydrogen-bond acceptors (Lipinski definition) is 3. The second-order valence-electron chi connectivity index (χ2n) is 5.13. The number of hydrogen-bond donors (Lipinski definition) is 0. The fourth-order valence-corrected chi connectivity index (χ4v) is 2.35. The summed E-state index contributed by atoms with van der Waals surface area (Å²) in [6, 6.07) is 10.4. The lowest BCUT2D eigenvalue weighted by Gasteiger charge is -2.08. The van der Waals surface area contributed by atoms with Crippen molar-refractivity contribution in [2.75, 3.05) is 6.61 Å². The molecule has 3 aromatic rings. The largest absolute Gasteiger partial charge is 0.461 e. The Labute approximate surface area is 141 Å². The molecule has 4 nitrogen and oxygen atoms in total. The zero-order chi connectivity index (χ0) is 18.0. The SMILES string of the molecule is CCOC(=O)c1cc(-c2ccc(F)c(F)c2)n(-c2ccccc2F)n1. The van der Waals surface area contributed by atoms with Gasteiger partial charge in [-0.1, -0.05) is 12.1 Å². The molecule has 3 rings (SSSR count). The van der Waals surface area contributed by atoms with Gasteiger partial charge >= 0.3 is 5.97 Å². The van der Waals surface area contributed by atoms with E-state index in [0.29, 0.717) is 0 Å². The van der Waals surface area contributed by atoms with Crippen LogP contribution in [0.5, 0.6) is 0 Å². The molecule has 0 amide bonds. The molecule has 1 heterocycles. The van der Waals surface area contributed by atoms with E-state index in [4.69, 9.17) is 4.74 Å². The fraction of sp³-hybridized carbons (Fsp3) is 0.111. The van der Waals surface area contributed by atoms with E-state index in [1.54, 1.807) is 13.0 Å². The van der Waals surface area contributed by atoms with Crippen LogP contribution in [0.25, 0.3) is 16.9 Å². The van der Waals surface area contributed by atoms with Gasteiger partial charge in [-0.15, -0.1) is 0 Å². The average molecular weight is 346 g/mol. The minimum absolute atomic E-state index is 0.0650. The van der Waals surface area contributed by atoms with Crippen molar-refractivity contribution in [3.8, 4) is 16.9 Å². The van der Waals surface area contributed by atoms with E-state index in [1.165, 1.54) is 30.3 Å². The zero-order valence-electron chi connectivity index (χ0n) is 13.2. The van der Waals surface area contributed by atoms with Crippen LogP contribution in [0.3, 0.4) is 0 Å². The molecular weight excluding hydrogens is 333 g/mol. The summed E-state index contributed by atoms with van der Waals surface area (Å²) in [7, 11) is 0. The lowest BCUT2D eigenvalue weighted by Crippen LogP contribution is -2.07. The molecule has 0 saturated carbocycles. The first kappa shape index (κ1) is 16.8. The summed E-state index contributed by atoms with van der Waals surface area (Å²) in [6.45, 7) is 1.79. The van der Waals surface area contributed by atoms with Gasteiger partial charge in [0.25, 0.3) is 0 Å². The van der Waals surface area contributed by atoms with Crippen molar-refractivity contribution >= 4 is 5.97 Å². The van der Waals surface area contributed by atoms with Gasteiger partial charge in [-0.25, -0.2) is 22.6 Å². The van der Waals surface area contributed by atoms with E-state index in [9.17, 15) is 18.0 Å². The minimum Gasteiger partial charge on any atom is -0.461 e. The number of para-hydroxylation sites is 1. The third-order valence-electron chi connectivity index (χ3n) is 3.49. The highest BCUT2D eigenvalue weighted by atomic mass is 19.2. The molecule has 0 radical (unpaired) electrons. The molecule has 0 saturated heterocycles. The maximum Gasteiger partial charge on any atom is 0.358 e. The molecule has 0 N–H and O–H groups in total. The van der Waals surface area contributed by atoms with Crippen molar-refractivity contribution in [3.05, 3.63) is 71.7 Å². The molecule has 0 aliphatic heterocycles. The highest BCUT2D eigenvalue weighted by Crippen LogP contribution is 2.27. The Morgan fingerprint density at radius 2 is 1.80 bits per heavy atom. The highest BCUT2D eigenvalue weighted by molar-refractivity contribution is 5.89. The Morgan fingerprint density at radius 3 is 2.48 bits per heavy atom. The van der Waals surface area contributed by atoms with Gasteiger partial charge in [0.2, 0.25) is 0 Å². The Hall–Kier alpha value is -3.09. The number of ether oxygens (including phenoxy) is 1. The van der Waals surface area contributed by atoms with Crippen LogP contribution < -0.4 is 0 Å². The second-order valence-corrected chi connectivity index (χ2v) is 5.13. The van der Waals surface area contributed by atoms with Crippen LogP contribution in [0.4, 0.5) is 13.2 Å². The Morgan fingerprint density at radius 1 is 1.04 bits per heavy atom. The van der Waals surface area contributed by atoms with Gasteiger partial charge in [-0.3, -0.25) is 0 Å². The van der Waals surface area contributed by atoms with Crippen molar-refractivity contribution in [1.82, 2.24) is 9.78 Å². The lowest BCUT2D eigenvalue weighted by molar-refractivity contribution is 0.0519. The molecule has 0 atom stereocenters. The summed E-state index contributed by atoms with van der Waals surface area (Å²) >= 11 is 0. The Kier molecular flexibility index (Phi) is 4.56. The number of rotatable bonds is 4. The molecule has 0 bridgehead atoms. The molecular formula is C18H13F3N2O2. The molecule has 7 heteroatoms. The predicted molar refractivity (Wildman–Crippen MR) is 84.8 cm³/mol. The molecule has 128 valence electrons. The van der Waals surface area contributed by atoms with Gasteiger partial charge in [0.05, 0.1) is 12.3 Å². The average Bonchev–Trinajstić information content (AvgIpc) is 3.03. The van der Waals surface area contributed by atoms with E-state index in [0.717, 1.165) is 16.8 Å². The number of benzene rings is 2. The van der Waals surface area contributed by atoms with E-state index < -0.39 is 23.4 Å². The van der Waals surface area contributed by atoms with Gasteiger partial charge in [0.1, 0.15) is 11.5 Å². The third-order valence-corrected chi connectivity index (χ3v) is 3.49. The van der Waals surface area contributed by atoms with Crippen molar-refractivity contribution in [2.45, 2.75) is 6.92 Å². The van der Waals surface area contributed by atoms with Crippen molar-refractivity contribution < 1.29 is 22.7 Å². The Balaban J connectivity index is 2.20. The van der Waals surface area contributed by atoms with Crippen LogP contribution >= 0.6 is 0 Å². The number of aromatic nitrogens is 2. The van der Waals surface area contributed by atoms with Gasteiger partial charge in [0.15, 0.2) is 17.3 Å². The lowest BCUT2D eigenvalue weighted by atomic mass is 10.1. The summed E-state index contributed by atoms with van der Waals surface area (Å²) < 4.78 is 47.0. The van der Waals surface area contributed by atoms with Crippen LogP contribution in [0, 0.1) is 17.5 Å². The van der Waals surface area contributed by atoms with E-state index in [1.807, 2.05) is 0 Å². The molecule has 1 aromatic heterocycles. The van der Waals surface area contributed by atoms with E-state index in [2.05, 4.69) is 5.10 Å². The smallest absolute Gasteiger partial charge is 0.358 e. The molecule has 25 heavy (non-hydrogen) atoms. The van der Waals surface area contributed by atoms with E-state index in [-0.39, 0.29) is 29.2 Å². The van der Waals surface area contributed by atoms with Crippen LogP contribution in [-0.4, -0.2) is 22.4 Å². The first-order chi connectivity index (χ1) is 12.0. The minimum atomic E-state index is -1.06.